The quantitative estimate of drug-likeness (QED) is 0.589. The molecule has 0 atom stereocenters. The van der Waals surface area contributed by atoms with Crippen molar-refractivity contribution >= 4 is 37.1 Å². The molecular weight excluding hydrogens is 326 g/mol. The minimum atomic E-state index is -0.00903. The summed E-state index contributed by atoms with van der Waals surface area (Å²) in [6, 6.07) is 7.50. The zero-order valence-corrected chi connectivity index (χ0v) is 13.9. The van der Waals surface area contributed by atoms with Crippen LogP contribution in [-0.2, 0) is 16.1 Å². The van der Waals surface area contributed by atoms with Crippen molar-refractivity contribution < 1.29 is 9.59 Å². The third kappa shape index (κ3) is 2.54. The average molecular weight is 343 g/mol. The highest BCUT2D eigenvalue weighted by atomic mass is 35.5. The van der Waals surface area contributed by atoms with Gasteiger partial charge in [0.05, 0.1) is 24.8 Å². The number of carbonyl (C=O) groups is 2. The van der Waals surface area contributed by atoms with Gasteiger partial charge in [-0.15, -0.1) is 0 Å². The predicted octanol–water partition coefficient (Wildman–Crippen LogP) is 0.465. The van der Waals surface area contributed by atoms with E-state index in [1.807, 2.05) is 29.1 Å². The number of aliphatic imine (C=N–C) groups is 1. The average Bonchev–Trinajstić information content (AvgIpc) is 3.20. The minimum absolute atomic E-state index is 0.00903. The first-order valence-electron chi connectivity index (χ1n) is 7.93. The van der Waals surface area contributed by atoms with Gasteiger partial charge in [0.2, 0.25) is 5.96 Å². The molecule has 1 aromatic carbocycles. The molecule has 3 aliphatic rings. The van der Waals surface area contributed by atoms with E-state index in [1.165, 1.54) is 0 Å². The van der Waals surface area contributed by atoms with Crippen molar-refractivity contribution in [2.75, 3.05) is 26.2 Å². The van der Waals surface area contributed by atoms with E-state index in [2.05, 4.69) is 9.89 Å². The van der Waals surface area contributed by atoms with Gasteiger partial charge in [0.15, 0.2) is 0 Å². The Morgan fingerprint density at radius 3 is 2.79 bits per heavy atom. The lowest BCUT2D eigenvalue weighted by Crippen LogP contribution is -2.49. The van der Waals surface area contributed by atoms with Crippen molar-refractivity contribution in [3.05, 3.63) is 46.1 Å². The van der Waals surface area contributed by atoms with E-state index in [1.54, 1.807) is 4.90 Å². The summed E-state index contributed by atoms with van der Waals surface area (Å²) in [6.45, 7) is 3.09. The van der Waals surface area contributed by atoms with E-state index in [-0.39, 0.29) is 5.91 Å². The summed E-state index contributed by atoms with van der Waals surface area (Å²) >= 11 is 5.94. The normalized spacial score (nSPS) is 20.2. The fourth-order valence-corrected chi connectivity index (χ4v) is 3.57. The van der Waals surface area contributed by atoms with Crippen LogP contribution in [0.2, 0.25) is 5.02 Å². The largest absolute Gasteiger partial charge is 0.329 e. The van der Waals surface area contributed by atoms with Crippen molar-refractivity contribution in [3.8, 4) is 0 Å². The molecule has 0 aliphatic carbocycles. The fourth-order valence-electron chi connectivity index (χ4n) is 3.44. The fraction of sp³-hybridized carbons (Fsp3) is 0.312. The maximum Gasteiger partial charge on any atom is 0.281 e. The maximum atomic E-state index is 13.0. The number of carbonyl (C=O) groups excluding carboxylic acids is 2. The Morgan fingerprint density at radius 1 is 1.25 bits per heavy atom. The molecule has 24 heavy (non-hydrogen) atoms. The zero-order chi connectivity index (χ0) is 16.7. The molecule has 0 spiro atoms. The Balaban J connectivity index is 1.63. The van der Waals surface area contributed by atoms with Gasteiger partial charge in [-0.3, -0.25) is 14.7 Å². The molecule has 1 amide bonds. The van der Waals surface area contributed by atoms with Gasteiger partial charge in [-0.05, 0) is 17.7 Å². The molecule has 0 bridgehead atoms. The third-order valence-corrected chi connectivity index (χ3v) is 4.83. The second-order valence-corrected chi connectivity index (χ2v) is 6.55. The van der Waals surface area contributed by atoms with E-state index < -0.39 is 0 Å². The van der Waals surface area contributed by atoms with Crippen LogP contribution in [0.15, 0.2) is 40.5 Å². The third-order valence-electron chi connectivity index (χ3n) is 4.58. The number of benzene rings is 1. The minimum Gasteiger partial charge on any atom is -0.329 e. The van der Waals surface area contributed by atoms with Gasteiger partial charge in [-0.2, -0.15) is 0 Å². The Bertz CT molecular complexity index is 762. The molecule has 0 saturated heterocycles. The molecule has 0 radical (unpaired) electrons. The second kappa shape index (κ2) is 6.07. The molecular formula is C16H16BClN4O2. The van der Waals surface area contributed by atoms with Gasteiger partial charge in [0.25, 0.3) is 13.3 Å². The van der Waals surface area contributed by atoms with Crippen LogP contribution in [-0.4, -0.2) is 66.3 Å². The van der Waals surface area contributed by atoms with Gasteiger partial charge in [0.1, 0.15) is 0 Å². The van der Waals surface area contributed by atoms with E-state index in [9.17, 15) is 9.59 Å². The summed E-state index contributed by atoms with van der Waals surface area (Å²) in [4.78, 5) is 34.2. The first kappa shape index (κ1) is 15.4. The molecule has 0 aromatic heterocycles. The van der Waals surface area contributed by atoms with Crippen LogP contribution < -0.4 is 0 Å². The van der Waals surface area contributed by atoms with Gasteiger partial charge in [-0.25, -0.2) is 0 Å². The molecule has 3 aliphatic heterocycles. The first-order chi connectivity index (χ1) is 11.7. The number of guanidine groups is 1. The lowest BCUT2D eigenvalue weighted by Gasteiger charge is -2.35. The van der Waals surface area contributed by atoms with Crippen molar-refractivity contribution in [2.45, 2.75) is 6.54 Å². The highest BCUT2D eigenvalue weighted by Gasteiger charge is 2.42. The molecule has 8 heteroatoms. The number of fused-ring (bicyclic) bond motifs is 2. The molecule has 0 saturated carbocycles. The number of nitrogens with zero attached hydrogens (tertiary/aromatic N) is 4. The van der Waals surface area contributed by atoms with Gasteiger partial charge < -0.3 is 14.5 Å². The van der Waals surface area contributed by atoms with Crippen LogP contribution in [0.5, 0.6) is 0 Å². The summed E-state index contributed by atoms with van der Waals surface area (Å²) in [5.74, 6) is 0.715. The zero-order valence-electron chi connectivity index (χ0n) is 13.1. The predicted molar refractivity (Wildman–Crippen MR) is 93.5 cm³/mol. The van der Waals surface area contributed by atoms with Crippen molar-refractivity contribution in [2.24, 2.45) is 4.99 Å². The smallest absolute Gasteiger partial charge is 0.281 e. The van der Waals surface area contributed by atoms with E-state index >= 15 is 0 Å². The lowest BCUT2D eigenvalue weighted by molar-refractivity contribution is -0.124. The number of halogens is 1. The van der Waals surface area contributed by atoms with E-state index in [0.29, 0.717) is 38.6 Å². The molecule has 6 nitrogen and oxygen atoms in total. The van der Waals surface area contributed by atoms with E-state index in [4.69, 9.17) is 11.6 Å². The molecule has 122 valence electrons. The van der Waals surface area contributed by atoms with Crippen LogP contribution in [0.25, 0.3) is 0 Å². The van der Waals surface area contributed by atoms with Crippen molar-refractivity contribution in [3.63, 3.8) is 0 Å². The SMILES string of the molecule is O=CBN1CC2=C(C1)N1CCN=C1N(Cc1ccc(Cl)cc1)C2=O. The summed E-state index contributed by atoms with van der Waals surface area (Å²) < 4.78 is 0. The van der Waals surface area contributed by atoms with Crippen LogP contribution in [0.4, 0.5) is 0 Å². The first-order valence-corrected chi connectivity index (χ1v) is 8.31. The Labute approximate surface area is 145 Å². The maximum absolute atomic E-state index is 13.0. The van der Waals surface area contributed by atoms with Crippen molar-refractivity contribution in [1.29, 1.82) is 0 Å². The van der Waals surface area contributed by atoms with Gasteiger partial charge in [0, 0.05) is 30.4 Å². The van der Waals surface area contributed by atoms with Crippen LogP contribution in [0.3, 0.4) is 0 Å². The van der Waals surface area contributed by atoms with Crippen LogP contribution in [0.1, 0.15) is 5.56 Å². The molecule has 4 rings (SSSR count). The van der Waals surface area contributed by atoms with Gasteiger partial charge in [-0.1, -0.05) is 23.7 Å². The summed E-state index contributed by atoms with van der Waals surface area (Å²) in [6.07, 6.45) is 0.882. The Kier molecular flexibility index (Phi) is 3.90. The van der Waals surface area contributed by atoms with Crippen LogP contribution in [0, 0.1) is 0 Å². The molecule has 0 N–H and O–H groups in total. The van der Waals surface area contributed by atoms with Crippen molar-refractivity contribution in [1.82, 2.24) is 14.6 Å². The van der Waals surface area contributed by atoms with Gasteiger partial charge >= 0.3 is 0 Å². The molecule has 0 unspecified atom stereocenters. The number of rotatable bonds is 4. The Hall–Kier alpha value is -2.12. The summed E-state index contributed by atoms with van der Waals surface area (Å²) in [5, 5.41) is 0.675. The molecule has 0 fully saturated rings. The second-order valence-electron chi connectivity index (χ2n) is 6.11. The number of hydrogen-bond donors (Lipinski definition) is 0. The lowest BCUT2D eigenvalue weighted by atomic mass is 9.95. The number of hydrogen-bond acceptors (Lipinski definition) is 5. The monoisotopic (exact) mass is 342 g/mol. The summed E-state index contributed by atoms with van der Waals surface area (Å²) in [5.41, 5.74) is 2.80. The van der Waals surface area contributed by atoms with Crippen LogP contribution >= 0.6 is 11.6 Å². The molecule has 1 aromatic rings. The summed E-state index contributed by atoms with van der Waals surface area (Å²) in [7, 11) is 0.345. The highest BCUT2D eigenvalue weighted by molar-refractivity contribution is 6.64. The number of amides is 1. The van der Waals surface area contributed by atoms with E-state index in [0.717, 1.165) is 35.5 Å². The standard InChI is InChI=1S/C16H16BClN4O2/c18-12-3-1-11(2-4-12)7-22-15(24)13-8-20(17-10-23)9-14(13)21-6-5-19-16(21)22/h1-4,10,17H,5-9H2. The topological polar surface area (TPSA) is 56.2 Å². The molecule has 3 heterocycles. The highest BCUT2D eigenvalue weighted by Crippen LogP contribution is 2.31. The Morgan fingerprint density at radius 2 is 2.04 bits per heavy atom.